The van der Waals surface area contributed by atoms with Gasteiger partial charge in [-0.15, -0.1) is 0 Å². The van der Waals surface area contributed by atoms with Gasteiger partial charge in [0.1, 0.15) is 5.75 Å². The maximum Gasteiger partial charge on any atom is 0.255 e. The zero-order valence-corrected chi connectivity index (χ0v) is 13.4. The minimum atomic E-state index is -0.783. The van der Waals surface area contributed by atoms with Gasteiger partial charge >= 0.3 is 0 Å². The lowest BCUT2D eigenvalue weighted by Gasteiger charge is -2.15. The second kappa shape index (κ2) is 7.15. The van der Waals surface area contributed by atoms with E-state index in [-0.39, 0.29) is 12.5 Å². The molecule has 1 atom stereocenters. The molecule has 24 heavy (non-hydrogen) atoms. The topological polar surface area (TPSA) is 58.6 Å². The van der Waals surface area contributed by atoms with E-state index in [1.165, 1.54) is 7.11 Å². The summed E-state index contributed by atoms with van der Waals surface area (Å²) in [6.45, 7) is 0.130. The van der Waals surface area contributed by atoms with Crippen molar-refractivity contribution >= 4 is 16.7 Å². The minimum Gasteiger partial charge on any atom is -0.496 e. The summed E-state index contributed by atoms with van der Waals surface area (Å²) in [5.41, 5.74) is 1.25. The number of carbonyl (C=O) groups is 1. The van der Waals surface area contributed by atoms with Crippen molar-refractivity contribution in [2.24, 2.45) is 0 Å². The number of para-hydroxylation sites is 1. The fourth-order valence-corrected chi connectivity index (χ4v) is 2.77. The van der Waals surface area contributed by atoms with Crippen LogP contribution in [0.3, 0.4) is 0 Å². The van der Waals surface area contributed by atoms with Crippen LogP contribution in [-0.2, 0) is 0 Å². The highest BCUT2D eigenvalue weighted by Crippen LogP contribution is 2.24. The van der Waals surface area contributed by atoms with Crippen LogP contribution in [0.4, 0.5) is 0 Å². The number of fused-ring (bicyclic) bond motifs is 1. The first-order valence-electron chi connectivity index (χ1n) is 7.77. The smallest absolute Gasteiger partial charge is 0.255 e. The number of aliphatic hydroxyl groups excluding tert-OH is 1. The Morgan fingerprint density at radius 3 is 2.58 bits per heavy atom. The van der Waals surface area contributed by atoms with Crippen molar-refractivity contribution < 1.29 is 14.6 Å². The van der Waals surface area contributed by atoms with Gasteiger partial charge in [0, 0.05) is 6.54 Å². The Morgan fingerprint density at radius 2 is 1.75 bits per heavy atom. The quantitative estimate of drug-likeness (QED) is 0.758. The number of methoxy groups -OCH3 is 1. The van der Waals surface area contributed by atoms with Crippen LogP contribution in [0.5, 0.6) is 5.75 Å². The van der Waals surface area contributed by atoms with Crippen molar-refractivity contribution in [2.45, 2.75) is 6.10 Å². The molecule has 3 aromatic rings. The Balaban J connectivity index is 1.75. The van der Waals surface area contributed by atoms with Crippen molar-refractivity contribution in [3.05, 3.63) is 77.9 Å². The lowest BCUT2D eigenvalue weighted by Crippen LogP contribution is -2.28. The van der Waals surface area contributed by atoms with Crippen LogP contribution in [-0.4, -0.2) is 24.7 Å². The monoisotopic (exact) mass is 321 g/mol. The molecule has 0 spiro atoms. The van der Waals surface area contributed by atoms with E-state index in [1.807, 2.05) is 42.5 Å². The molecule has 4 nitrogen and oxygen atoms in total. The van der Waals surface area contributed by atoms with Gasteiger partial charge in [0.05, 0.1) is 18.8 Å². The van der Waals surface area contributed by atoms with Crippen LogP contribution in [0, 0.1) is 0 Å². The fraction of sp³-hybridized carbons (Fsp3) is 0.150. The van der Waals surface area contributed by atoms with Crippen molar-refractivity contribution in [3.63, 3.8) is 0 Å². The summed E-state index contributed by atoms with van der Waals surface area (Å²) in [5.74, 6) is 0.237. The highest BCUT2D eigenvalue weighted by atomic mass is 16.5. The molecule has 3 aromatic carbocycles. The third kappa shape index (κ3) is 3.24. The average molecular weight is 321 g/mol. The molecule has 4 heteroatoms. The number of carbonyl (C=O) groups excluding carboxylic acids is 1. The van der Waals surface area contributed by atoms with Gasteiger partial charge in [-0.2, -0.15) is 0 Å². The third-order valence-electron chi connectivity index (χ3n) is 3.99. The molecular formula is C20H19NO3. The first-order chi connectivity index (χ1) is 11.7. The number of hydrogen-bond acceptors (Lipinski definition) is 3. The van der Waals surface area contributed by atoms with Gasteiger partial charge in [-0.3, -0.25) is 4.79 Å². The van der Waals surface area contributed by atoms with E-state index in [9.17, 15) is 9.90 Å². The van der Waals surface area contributed by atoms with E-state index < -0.39 is 6.10 Å². The van der Waals surface area contributed by atoms with Gasteiger partial charge in [0.15, 0.2) is 0 Å². The molecule has 0 fully saturated rings. The summed E-state index contributed by atoms with van der Waals surface area (Å²) in [6, 6.07) is 20.7. The molecule has 0 aliphatic heterocycles. The number of hydrogen-bond donors (Lipinski definition) is 2. The van der Waals surface area contributed by atoms with E-state index in [4.69, 9.17) is 4.74 Å². The third-order valence-corrected chi connectivity index (χ3v) is 3.99. The highest BCUT2D eigenvalue weighted by Gasteiger charge is 2.15. The van der Waals surface area contributed by atoms with Crippen LogP contribution >= 0.6 is 0 Å². The van der Waals surface area contributed by atoms with Gasteiger partial charge in [-0.1, -0.05) is 54.6 Å². The molecule has 1 unspecified atom stereocenters. The van der Waals surface area contributed by atoms with Gasteiger partial charge in [0.2, 0.25) is 0 Å². The second-order valence-electron chi connectivity index (χ2n) is 5.49. The van der Waals surface area contributed by atoms with Crippen molar-refractivity contribution in [1.82, 2.24) is 5.32 Å². The number of rotatable bonds is 5. The Morgan fingerprint density at radius 1 is 1.04 bits per heavy atom. The Kier molecular flexibility index (Phi) is 4.77. The Bertz CT molecular complexity index is 855. The Labute approximate surface area is 140 Å². The molecule has 0 saturated carbocycles. The number of aliphatic hydroxyl groups is 1. The summed E-state index contributed by atoms with van der Waals surface area (Å²) in [7, 11) is 1.52. The molecule has 0 radical (unpaired) electrons. The fourth-order valence-electron chi connectivity index (χ4n) is 2.77. The van der Waals surface area contributed by atoms with Crippen LogP contribution in [0.15, 0.2) is 66.7 Å². The van der Waals surface area contributed by atoms with E-state index in [1.54, 1.807) is 24.3 Å². The zero-order chi connectivity index (χ0) is 16.9. The lowest BCUT2D eigenvalue weighted by molar-refractivity contribution is 0.0914. The first-order valence-corrected chi connectivity index (χ1v) is 7.77. The molecule has 1 amide bonds. The minimum absolute atomic E-state index is 0.130. The summed E-state index contributed by atoms with van der Waals surface area (Å²) in [5, 5.41) is 15.3. The SMILES string of the molecule is COc1ccccc1C(=O)NCC(O)c1cccc2ccccc12. The molecule has 0 aliphatic carbocycles. The predicted octanol–water partition coefficient (Wildman–Crippen LogP) is 3.31. The average Bonchev–Trinajstić information content (AvgIpc) is 2.65. The highest BCUT2D eigenvalue weighted by molar-refractivity contribution is 5.97. The molecule has 0 aromatic heterocycles. The van der Waals surface area contributed by atoms with Crippen molar-refractivity contribution in [2.75, 3.05) is 13.7 Å². The van der Waals surface area contributed by atoms with Gasteiger partial charge in [-0.25, -0.2) is 0 Å². The molecule has 122 valence electrons. The van der Waals surface area contributed by atoms with Crippen molar-refractivity contribution in [3.8, 4) is 5.75 Å². The van der Waals surface area contributed by atoms with Crippen LogP contribution in [0.2, 0.25) is 0 Å². The molecular weight excluding hydrogens is 302 g/mol. The summed E-state index contributed by atoms with van der Waals surface area (Å²) in [6.07, 6.45) is -0.783. The van der Waals surface area contributed by atoms with E-state index in [0.29, 0.717) is 11.3 Å². The number of nitrogens with one attached hydrogen (secondary N) is 1. The zero-order valence-electron chi connectivity index (χ0n) is 13.4. The van der Waals surface area contributed by atoms with Crippen LogP contribution in [0.1, 0.15) is 22.0 Å². The normalized spacial score (nSPS) is 11.9. The molecule has 0 aliphatic rings. The molecule has 0 heterocycles. The summed E-state index contributed by atoms with van der Waals surface area (Å²) in [4.78, 5) is 12.3. The standard InChI is InChI=1S/C20H19NO3/c1-24-19-12-5-4-10-17(19)20(23)21-13-18(22)16-11-6-8-14-7-2-3-9-15(14)16/h2-12,18,22H,13H2,1H3,(H,21,23). The summed E-state index contributed by atoms with van der Waals surface area (Å²) < 4.78 is 5.19. The van der Waals surface area contributed by atoms with Gasteiger partial charge in [-0.05, 0) is 28.5 Å². The maximum atomic E-state index is 12.3. The molecule has 0 bridgehead atoms. The van der Waals surface area contributed by atoms with Gasteiger partial charge in [0.25, 0.3) is 5.91 Å². The largest absolute Gasteiger partial charge is 0.496 e. The molecule has 2 N–H and O–H groups in total. The number of benzene rings is 3. The number of ether oxygens (including phenoxy) is 1. The van der Waals surface area contributed by atoms with E-state index >= 15 is 0 Å². The first kappa shape index (κ1) is 16.0. The number of amides is 1. The maximum absolute atomic E-state index is 12.3. The van der Waals surface area contributed by atoms with E-state index in [0.717, 1.165) is 16.3 Å². The molecule has 3 rings (SSSR count). The molecule has 0 saturated heterocycles. The lowest BCUT2D eigenvalue weighted by atomic mass is 10.0. The van der Waals surface area contributed by atoms with E-state index in [2.05, 4.69) is 5.32 Å². The Hall–Kier alpha value is -2.85. The van der Waals surface area contributed by atoms with Gasteiger partial charge < -0.3 is 15.2 Å². The van der Waals surface area contributed by atoms with Crippen LogP contribution in [0.25, 0.3) is 10.8 Å². The van der Waals surface area contributed by atoms with Crippen LogP contribution < -0.4 is 10.1 Å². The van der Waals surface area contributed by atoms with Crippen molar-refractivity contribution in [1.29, 1.82) is 0 Å². The predicted molar refractivity (Wildman–Crippen MR) is 94.2 cm³/mol. The second-order valence-corrected chi connectivity index (χ2v) is 5.49. The summed E-state index contributed by atoms with van der Waals surface area (Å²) >= 11 is 0.